The highest BCUT2D eigenvalue weighted by Gasteiger charge is 2.18. The zero-order valence-corrected chi connectivity index (χ0v) is 18.3. The number of hydrogen-bond acceptors (Lipinski definition) is 4. The molecule has 0 bridgehead atoms. The molecule has 0 unspecified atom stereocenters. The second-order valence-corrected chi connectivity index (χ2v) is 7.59. The summed E-state index contributed by atoms with van der Waals surface area (Å²) in [7, 11) is 1.59. The second-order valence-electron chi connectivity index (χ2n) is 6.78. The zero-order chi connectivity index (χ0) is 22.0. The number of ether oxygens (including phenoxy) is 2. The molecular formula is C24H18Cl2N2O3. The van der Waals surface area contributed by atoms with Gasteiger partial charge in [0.15, 0.2) is 11.5 Å². The summed E-state index contributed by atoms with van der Waals surface area (Å²) in [5.74, 6) is 1.40. The first-order valence-electron chi connectivity index (χ1n) is 9.44. The van der Waals surface area contributed by atoms with Gasteiger partial charge in [0, 0.05) is 17.1 Å². The molecule has 0 aliphatic heterocycles. The quantitative estimate of drug-likeness (QED) is 0.357. The van der Waals surface area contributed by atoms with E-state index < -0.39 is 5.91 Å². The summed E-state index contributed by atoms with van der Waals surface area (Å²) in [5.41, 5.74) is 2.15. The number of aromatic nitrogens is 1. The number of halogens is 2. The summed E-state index contributed by atoms with van der Waals surface area (Å²) in [6.45, 7) is 1.91. The number of aryl methyl sites for hydroxylation is 1. The summed E-state index contributed by atoms with van der Waals surface area (Å²) < 4.78 is 11.6. The van der Waals surface area contributed by atoms with Crippen LogP contribution >= 0.6 is 23.2 Å². The van der Waals surface area contributed by atoms with Crippen LogP contribution in [0.3, 0.4) is 0 Å². The fourth-order valence-electron chi connectivity index (χ4n) is 3.25. The molecule has 0 radical (unpaired) electrons. The Morgan fingerprint density at radius 3 is 2.32 bits per heavy atom. The smallest absolute Gasteiger partial charge is 0.258 e. The summed E-state index contributed by atoms with van der Waals surface area (Å²) >= 11 is 12.4. The highest BCUT2D eigenvalue weighted by Crippen LogP contribution is 2.38. The van der Waals surface area contributed by atoms with E-state index in [4.69, 9.17) is 32.7 Å². The van der Waals surface area contributed by atoms with Crippen LogP contribution in [0.5, 0.6) is 17.2 Å². The number of nitrogens with zero attached hydrogens (tertiary/aromatic N) is 1. The fraction of sp³-hybridized carbons (Fsp3) is 0.0833. The average molecular weight is 453 g/mol. The zero-order valence-electron chi connectivity index (χ0n) is 16.8. The van der Waals surface area contributed by atoms with Crippen LogP contribution in [-0.4, -0.2) is 18.0 Å². The summed E-state index contributed by atoms with van der Waals surface area (Å²) in [5, 5.41) is 4.15. The number of benzene rings is 3. The van der Waals surface area contributed by atoms with Crippen molar-refractivity contribution in [3.05, 3.63) is 88.0 Å². The third-order valence-corrected chi connectivity index (χ3v) is 5.38. The van der Waals surface area contributed by atoms with E-state index in [2.05, 4.69) is 10.3 Å². The Bertz CT molecular complexity index is 1270. The van der Waals surface area contributed by atoms with Gasteiger partial charge >= 0.3 is 0 Å². The summed E-state index contributed by atoms with van der Waals surface area (Å²) in [6.07, 6.45) is 1.70. The van der Waals surface area contributed by atoms with E-state index in [0.29, 0.717) is 28.5 Å². The topological polar surface area (TPSA) is 60.5 Å². The summed E-state index contributed by atoms with van der Waals surface area (Å²) in [6, 6.07) is 17.8. The van der Waals surface area contributed by atoms with Gasteiger partial charge in [-0.3, -0.25) is 9.78 Å². The van der Waals surface area contributed by atoms with Gasteiger partial charge < -0.3 is 14.8 Å². The molecule has 7 heteroatoms. The Hall–Kier alpha value is -3.28. The lowest BCUT2D eigenvalue weighted by molar-refractivity contribution is 0.102. The maximum absolute atomic E-state index is 12.9. The van der Waals surface area contributed by atoms with Crippen molar-refractivity contribution >= 4 is 45.7 Å². The maximum Gasteiger partial charge on any atom is 0.258 e. The molecule has 0 saturated heterocycles. The molecule has 5 nitrogen and oxygen atoms in total. The average Bonchev–Trinajstić information content (AvgIpc) is 2.76. The molecule has 3 aromatic carbocycles. The van der Waals surface area contributed by atoms with Crippen LogP contribution in [0.1, 0.15) is 15.9 Å². The second kappa shape index (κ2) is 8.84. The van der Waals surface area contributed by atoms with Crippen molar-refractivity contribution in [3.63, 3.8) is 0 Å². The molecule has 1 heterocycles. The van der Waals surface area contributed by atoms with Gasteiger partial charge in [0.25, 0.3) is 5.91 Å². The third-order valence-electron chi connectivity index (χ3n) is 4.75. The van der Waals surface area contributed by atoms with Gasteiger partial charge in [0.2, 0.25) is 0 Å². The number of carbonyl (C=O) groups is 1. The molecule has 0 aliphatic carbocycles. The number of methoxy groups -OCH3 is 1. The van der Waals surface area contributed by atoms with E-state index in [1.54, 1.807) is 37.6 Å². The molecule has 31 heavy (non-hydrogen) atoms. The van der Waals surface area contributed by atoms with E-state index in [1.165, 1.54) is 0 Å². The highest BCUT2D eigenvalue weighted by atomic mass is 35.5. The molecule has 0 atom stereocenters. The van der Waals surface area contributed by atoms with Crippen molar-refractivity contribution in [2.75, 3.05) is 12.4 Å². The van der Waals surface area contributed by atoms with Gasteiger partial charge in [-0.05, 0) is 43.3 Å². The van der Waals surface area contributed by atoms with E-state index in [-0.39, 0.29) is 15.6 Å². The Morgan fingerprint density at radius 1 is 0.935 bits per heavy atom. The monoisotopic (exact) mass is 452 g/mol. The number of pyridine rings is 1. The Balaban J connectivity index is 1.76. The van der Waals surface area contributed by atoms with Crippen LogP contribution in [-0.2, 0) is 0 Å². The minimum atomic E-state index is -0.419. The van der Waals surface area contributed by atoms with E-state index in [0.717, 1.165) is 10.9 Å². The minimum absolute atomic E-state index is 0.209. The van der Waals surface area contributed by atoms with Gasteiger partial charge in [-0.15, -0.1) is 0 Å². The van der Waals surface area contributed by atoms with Crippen LogP contribution in [0.25, 0.3) is 10.9 Å². The van der Waals surface area contributed by atoms with Crippen molar-refractivity contribution in [2.24, 2.45) is 0 Å². The first kappa shape index (κ1) is 21.0. The molecule has 1 N–H and O–H groups in total. The lowest BCUT2D eigenvalue weighted by Gasteiger charge is -2.16. The lowest BCUT2D eigenvalue weighted by Crippen LogP contribution is -2.13. The van der Waals surface area contributed by atoms with Gasteiger partial charge in [-0.25, -0.2) is 0 Å². The molecule has 1 aromatic heterocycles. The van der Waals surface area contributed by atoms with Gasteiger partial charge in [-0.2, -0.15) is 0 Å². The standard InChI is InChI=1S/C24H18Cl2N2O3/c1-14-13-27-22-15(23(14)31-20-12-4-3-11-19(20)30-2)7-5-10-18(22)28-24(29)21-16(25)8-6-9-17(21)26/h3-13H,1-2H3,(H,28,29). The molecule has 1 amide bonds. The van der Waals surface area contributed by atoms with Crippen LogP contribution < -0.4 is 14.8 Å². The number of nitrogens with one attached hydrogen (secondary N) is 1. The predicted molar refractivity (Wildman–Crippen MR) is 124 cm³/mol. The fourth-order valence-corrected chi connectivity index (χ4v) is 3.82. The van der Waals surface area contributed by atoms with Crippen molar-refractivity contribution in [2.45, 2.75) is 6.92 Å². The van der Waals surface area contributed by atoms with Crippen LogP contribution in [0.2, 0.25) is 10.0 Å². The Labute approximate surface area is 189 Å². The lowest BCUT2D eigenvalue weighted by atomic mass is 10.1. The predicted octanol–water partition coefficient (Wildman–Crippen LogP) is 6.90. The highest BCUT2D eigenvalue weighted by molar-refractivity contribution is 6.40. The molecule has 4 aromatic rings. The normalized spacial score (nSPS) is 10.7. The number of anilines is 1. The van der Waals surface area contributed by atoms with E-state index in [1.807, 2.05) is 43.3 Å². The van der Waals surface area contributed by atoms with Crippen molar-refractivity contribution in [1.82, 2.24) is 4.98 Å². The van der Waals surface area contributed by atoms with Crippen LogP contribution in [0.15, 0.2) is 66.9 Å². The number of fused-ring (bicyclic) bond motifs is 1. The van der Waals surface area contributed by atoms with Crippen molar-refractivity contribution in [1.29, 1.82) is 0 Å². The van der Waals surface area contributed by atoms with Gasteiger partial charge in [-0.1, -0.05) is 47.5 Å². The van der Waals surface area contributed by atoms with Gasteiger partial charge in [0.1, 0.15) is 5.75 Å². The SMILES string of the molecule is COc1ccccc1Oc1c(C)cnc2c(NC(=O)c3c(Cl)cccc3Cl)cccc12. The molecule has 0 fully saturated rings. The molecule has 0 spiro atoms. The van der Waals surface area contributed by atoms with Crippen molar-refractivity contribution < 1.29 is 14.3 Å². The first-order chi connectivity index (χ1) is 15.0. The van der Waals surface area contributed by atoms with Crippen LogP contribution in [0, 0.1) is 6.92 Å². The molecule has 0 aliphatic rings. The number of rotatable bonds is 5. The number of para-hydroxylation sites is 3. The van der Waals surface area contributed by atoms with E-state index >= 15 is 0 Å². The number of hydrogen-bond donors (Lipinski definition) is 1. The largest absolute Gasteiger partial charge is 0.493 e. The number of carbonyl (C=O) groups excluding carboxylic acids is 1. The summed E-state index contributed by atoms with van der Waals surface area (Å²) in [4.78, 5) is 17.4. The Morgan fingerprint density at radius 2 is 1.61 bits per heavy atom. The molecular weight excluding hydrogens is 435 g/mol. The first-order valence-corrected chi connectivity index (χ1v) is 10.2. The maximum atomic E-state index is 12.9. The molecule has 156 valence electrons. The van der Waals surface area contributed by atoms with Crippen molar-refractivity contribution in [3.8, 4) is 17.2 Å². The molecule has 0 saturated carbocycles. The third kappa shape index (κ3) is 4.15. The van der Waals surface area contributed by atoms with Gasteiger partial charge in [0.05, 0.1) is 33.9 Å². The number of amides is 1. The minimum Gasteiger partial charge on any atom is -0.493 e. The Kier molecular flexibility index (Phi) is 5.98. The van der Waals surface area contributed by atoms with E-state index in [9.17, 15) is 4.79 Å². The molecule has 4 rings (SSSR count). The van der Waals surface area contributed by atoms with Crippen LogP contribution in [0.4, 0.5) is 5.69 Å².